The number of piperazine rings is 1. The minimum Gasteiger partial charge on any atom is -0.399 e. The first-order valence-corrected chi connectivity index (χ1v) is 5.88. The fraction of sp³-hybridized carbons (Fsp3) is 0.385. The summed E-state index contributed by atoms with van der Waals surface area (Å²) in [6, 6.07) is 5.26. The summed E-state index contributed by atoms with van der Waals surface area (Å²) in [5, 5.41) is 0. The summed E-state index contributed by atoms with van der Waals surface area (Å²) in [5.41, 5.74) is 7.79. The molecule has 2 amide bonds. The number of rotatable bonds is 1. The van der Waals surface area contributed by atoms with Gasteiger partial charge in [-0.25, -0.2) is 0 Å². The van der Waals surface area contributed by atoms with Crippen LogP contribution in [0.5, 0.6) is 0 Å². The van der Waals surface area contributed by atoms with E-state index in [9.17, 15) is 9.59 Å². The number of nitrogen functional groups attached to an aromatic ring is 1. The lowest BCUT2D eigenvalue weighted by atomic mass is 10.1. The molecule has 0 unspecified atom stereocenters. The van der Waals surface area contributed by atoms with Crippen molar-refractivity contribution in [1.82, 2.24) is 9.80 Å². The number of benzene rings is 1. The van der Waals surface area contributed by atoms with E-state index in [4.69, 9.17) is 5.73 Å². The normalized spacial score (nSPS) is 16.0. The average molecular weight is 247 g/mol. The second-order valence-corrected chi connectivity index (χ2v) is 4.67. The summed E-state index contributed by atoms with van der Waals surface area (Å²) >= 11 is 0. The van der Waals surface area contributed by atoms with Crippen molar-refractivity contribution in [2.75, 3.05) is 32.4 Å². The third-order valence-electron chi connectivity index (χ3n) is 3.09. The van der Waals surface area contributed by atoms with E-state index in [0.29, 0.717) is 24.3 Å². The number of amides is 2. The highest BCUT2D eigenvalue weighted by molar-refractivity contribution is 5.97. The van der Waals surface area contributed by atoms with Crippen LogP contribution in [0.1, 0.15) is 15.9 Å². The third kappa shape index (κ3) is 2.45. The van der Waals surface area contributed by atoms with E-state index < -0.39 is 0 Å². The topological polar surface area (TPSA) is 66.6 Å². The Hall–Kier alpha value is -2.04. The average Bonchev–Trinajstić information content (AvgIpc) is 2.30. The van der Waals surface area contributed by atoms with Crippen molar-refractivity contribution in [3.8, 4) is 0 Å². The fourth-order valence-corrected chi connectivity index (χ4v) is 2.05. The lowest BCUT2D eigenvalue weighted by Gasteiger charge is -2.32. The Morgan fingerprint density at radius 3 is 2.61 bits per heavy atom. The van der Waals surface area contributed by atoms with Crippen molar-refractivity contribution >= 4 is 17.5 Å². The van der Waals surface area contributed by atoms with Gasteiger partial charge in [-0.1, -0.05) is 0 Å². The van der Waals surface area contributed by atoms with Gasteiger partial charge < -0.3 is 15.5 Å². The maximum absolute atomic E-state index is 12.3. The van der Waals surface area contributed by atoms with Crippen LogP contribution in [0.25, 0.3) is 0 Å². The standard InChI is InChI=1S/C13H17N3O2/c1-9-5-10(7-11(14)6-9)13(18)16-4-3-15(2)12(17)8-16/h5-7H,3-4,8,14H2,1-2H3. The molecule has 0 radical (unpaired) electrons. The molecule has 0 bridgehead atoms. The summed E-state index contributed by atoms with van der Waals surface area (Å²) in [4.78, 5) is 27.0. The Morgan fingerprint density at radius 1 is 1.28 bits per heavy atom. The number of anilines is 1. The molecule has 0 spiro atoms. The maximum Gasteiger partial charge on any atom is 0.254 e. The van der Waals surface area contributed by atoms with E-state index in [-0.39, 0.29) is 18.4 Å². The Bertz CT molecular complexity index is 479. The summed E-state index contributed by atoms with van der Waals surface area (Å²) < 4.78 is 0. The Morgan fingerprint density at radius 2 is 2.00 bits per heavy atom. The number of nitrogens with zero attached hydrogens (tertiary/aromatic N) is 2. The van der Waals surface area contributed by atoms with Gasteiger partial charge in [0.25, 0.3) is 5.91 Å². The SMILES string of the molecule is Cc1cc(N)cc(C(=O)N2CCN(C)C(=O)C2)c1. The molecule has 0 aromatic heterocycles. The van der Waals surface area contributed by atoms with Crippen molar-refractivity contribution < 1.29 is 9.59 Å². The van der Waals surface area contributed by atoms with Crippen LogP contribution in [-0.2, 0) is 4.79 Å². The molecule has 1 heterocycles. The molecule has 1 aliphatic rings. The van der Waals surface area contributed by atoms with Crippen LogP contribution in [0.15, 0.2) is 18.2 Å². The number of hydrogen-bond donors (Lipinski definition) is 1. The summed E-state index contributed by atoms with van der Waals surface area (Å²) in [6.07, 6.45) is 0. The number of hydrogen-bond acceptors (Lipinski definition) is 3. The molecule has 18 heavy (non-hydrogen) atoms. The van der Waals surface area contributed by atoms with Crippen LogP contribution < -0.4 is 5.73 Å². The highest BCUT2D eigenvalue weighted by Crippen LogP contribution is 2.14. The zero-order chi connectivity index (χ0) is 13.3. The molecular weight excluding hydrogens is 230 g/mol. The second kappa shape index (κ2) is 4.68. The highest BCUT2D eigenvalue weighted by atomic mass is 16.2. The fourth-order valence-electron chi connectivity index (χ4n) is 2.05. The maximum atomic E-state index is 12.3. The van der Waals surface area contributed by atoms with E-state index >= 15 is 0 Å². The van der Waals surface area contributed by atoms with Gasteiger partial charge in [-0.15, -0.1) is 0 Å². The molecular formula is C13H17N3O2. The minimum atomic E-state index is -0.133. The quantitative estimate of drug-likeness (QED) is 0.734. The molecule has 1 saturated heterocycles. The van der Waals surface area contributed by atoms with E-state index in [1.807, 2.05) is 13.0 Å². The first kappa shape index (κ1) is 12.4. The smallest absolute Gasteiger partial charge is 0.254 e. The van der Waals surface area contributed by atoms with E-state index in [1.54, 1.807) is 29.0 Å². The van der Waals surface area contributed by atoms with Crippen LogP contribution >= 0.6 is 0 Å². The van der Waals surface area contributed by atoms with Gasteiger partial charge in [0.2, 0.25) is 5.91 Å². The number of aryl methyl sites for hydroxylation is 1. The Balaban J connectivity index is 2.18. The molecule has 0 atom stereocenters. The lowest BCUT2D eigenvalue weighted by Crippen LogP contribution is -2.50. The van der Waals surface area contributed by atoms with Crippen LogP contribution in [0.2, 0.25) is 0 Å². The van der Waals surface area contributed by atoms with E-state index in [0.717, 1.165) is 5.56 Å². The number of nitrogens with two attached hydrogens (primary N) is 1. The summed E-state index contributed by atoms with van der Waals surface area (Å²) in [5.74, 6) is -0.165. The molecule has 1 aromatic carbocycles. The van der Waals surface area contributed by atoms with Crippen molar-refractivity contribution in [3.63, 3.8) is 0 Å². The molecule has 0 aliphatic carbocycles. The summed E-state index contributed by atoms with van der Waals surface area (Å²) in [7, 11) is 1.74. The van der Waals surface area contributed by atoms with Crippen molar-refractivity contribution in [2.24, 2.45) is 0 Å². The predicted octanol–water partition coefficient (Wildman–Crippen LogP) is 0.491. The van der Waals surface area contributed by atoms with Gasteiger partial charge in [0.1, 0.15) is 6.54 Å². The van der Waals surface area contributed by atoms with Gasteiger partial charge in [-0.3, -0.25) is 9.59 Å². The first-order chi connectivity index (χ1) is 8.47. The molecule has 1 aromatic rings. The molecule has 5 heteroatoms. The van der Waals surface area contributed by atoms with Crippen molar-refractivity contribution in [1.29, 1.82) is 0 Å². The van der Waals surface area contributed by atoms with Gasteiger partial charge in [0.15, 0.2) is 0 Å². The predicted molar refractivity (Wildman–Crippen MR) is 69.1 cm³/mol. The third-order valence-corrected chi connectivity index (χ3v) is 3.09. The van der Waals surface area contributed by atoms with Crippen LogP contribution in [0.4, 0.5) is 5.69 Å². The minimum absolute atomic E-state index is 0.0322. The Labute approximate surface area is 106 Å². The van der Waals surface area contributed by atoms with Gasteiger partial charge in [0, 0.05) is 31.4 Å². The van der Waals surface area contributed by atoms with Gasteiger partial charge >= 0.3 is 0 Å². The molecule has 2 N–H and O–H groups in total. The van der Waals surface area contributed by atoms with Gasteiger partial charge in [-0.05, 0) is 30.7 Å². The lowest BCUT2D eigenvalue weighted by molar-refractivity contribution is -0.133. The summed E-state index contributed by atoms with van der Waals surface area (Å²) in [6.45, 7) is 3.17. The molecule has 96 valence electrons. The van der Waals surface area contributed by atoms with Crippen LogP contribution in [0.3, 0.4) is 0 Å². The number of likely N-dealkylation sites (N-methyl/N-ethyl adjacent to an activating group) is 1. The Kier molecular flexibility index (Phi) is 3.23. The largest absolute Gasteiger partial charge is 0.399 e. The van der Waals surface area contributed by atoms with Crippen LogP contribution in [-0.4, -0.2) is 48.3 Å². The van der Waals surface area contributed by atoms with Gasteiger partial charge in [-0.2, -0.15) is 0 Å². The second-order valence-electron chi connectivity index (χ2n) is 4.67. The van der Waals surface area contributed by atoms with Crippen LogP contribution in [0, 0.1) is 6.92 Å². The highest BCUT2D eigenvalue weighted by Gasteiger charge is 2.25. The molecule has 5 nitrogen and oxygen atoms in total. The van der Waals surface area contributed by atoms with Gasteiger partial charge in [0.05, 0.1) is 0 Å². The van der Waals surface area contributed by atoms with E-state index in [2.05, 4.69) is 0 Å². The zero-order valence-electron chi connectivity index (χ0n) is 10.6. The van der Waals surface area contributed by atoms with E-state index in [1.165, 1.54) is 0 Å². The number of carbonyl (C=O) groups is 2. The monoisotopic (exact) mass is 247 g/mol. The molecule has 1 aliphatic heterocycles. The molecule has 1 fully saturated rings. The first-order valence-electron chi connectivity index (χ1n) is 5.88. The zero-order valence-corrected chi connectivity index (χ0v) is 10.6. The molecule has 2 rings (SSSR count). The number of carbonyl (C=O) groups excluding carboxylic acids is 2. The van der Waals surface area contributed by atoms with Crippen molar-refractivity contribution in [2.45, 2.75) is 6.92 Å². The molecule has 0 saturated carbocycles. The van der Waals surface area contributed by atoms with Crippen molar-refractivity contribution in [3.05, 3.63) is 29.3 Å².